The average molecular weight is 601 g/mol. The van der Waals surface area contributed by atoms with Gasteiger partial charge < -0.3 is 10.2 Å². The molecule has 8 heteroatoms. The van der Waals surface area contributed by atoms with Gasteiger partial charge in [0.25, 0.3) is 0 Å². The molecule has 0 aromatic carbocycles. The summed E-state index contributed by atoms with van der Waals surface area (Å²) in [6.45, 7) is 20.0. The highest BCUT2D eigenvalue weighted by atomic mass is 35.5. The van der Waals surface area contributed by atoms with E-state index in [0.717, 1.165) is 67.8 Å². The Morgan fingerprint density at radius 2 is 1.95 bits per heavy atom. The quantitative estimate of drug-likeness (QED) is 0.168. The number of aromatic nitrogens is 4. The van der Waals surface area contributed by atoms with Gasteiger partial charge in [-0.2, -0.15) is 5.10 Å². The number of hydrogen-bond donors (Lipinski definition) is 2. The second-order valence-corrected chi connectivity index (χ2v) is 11.7. The van der Waals surface area contributed by atoms with E-state index in [1.54, 1.807) is 17.5 Å². The Bertz CT molecular complexity index is 1590. The van der Waals surface area contributed by atoms with Gasteiger partial charge >= 0.3 is 0 Å². The molecule has 220 valence electrons. The molecule has 5 rings (SSSR count). The molecule has 4 aromatic heterocycles. The van der Waals surface area contributed by atoms with Gasteiger partial charge in [0.15, 0.2) is 0 Å². The molecule has 0 amide bonds. The van der Waals surface area contributed by atoms with Crippen LogP contribution in [0.25, 0.3) is 32.7 Å². The van der Waals surface area contributed by atoms with E-state index in [9.17, 15) is 0 Å². The minimum absolute atomic E-state index is 0.624. The van der Waals surface area contributed by atoms with Crippen molar-refractivity contribution in [3.8, 4) is 10.4 Å². The van der Waals surface area contributed by atoms with Gasteiger partial charge in [0.05, 0.1) is 21.2 Å². The summed E-state index contributed by atoms with van der Waals surface area (Å²) in [5.41, 5.74) is 8.16. The third-order valence-corrected chi connectivity index (χ3v) is 8.62. The first-order valence-corrected chi connectivity index (χ1v) is 15.9. The maximum absolute atomic E-state index is 6.18. The Morgan fingerprint density at radius 1 is 1.17 bits per heavy atom. The highest BCUT2D eigenvalue weighted by Crippen LogP contribution is 2.35. The molecule has 4 aromatic rings. The molecule has 0 bridgehead atoms. The number of H-pyrrole nitrogens is 1. The second kappa shape index (κ2) is 15.1. The summed E-state index contributed by atoms with van der Waals surface area (Å²) in [7, 11) is 0. The van der Waals surface area contributed by atoms with Crippen molar-refractivity contribution in [2.24, 2.45) is 0 Å². The topological polar surface area (TPSA) is 69.7 Å². The van der Waals surface area contributed by atoms with Crippen LogP contribution in [0.2, 0.25) is 4.34 Å². The maximum Gasteiger partial charge on any atom is 0.134 e. The van der Waals surface area contributed by atoms with Gasteiger partial charge in [-0.15, -0.1) is 11.3 Å². The van der Waals surface area contributed by atoms with Crippen LogP contribution in [0.3, 0.4) is 0 Å². The molecule has 0 saturated carbocycles. The molecule has 1 fully saturated rings. The molecule has 0 unspecified atom stereocenters. The molecular weight excluding hydrogens is 560 g/mol. The van der Waals surface area contributed by atoms with E-state index in [1.807, 2.05) is 64.1 Å². The number of anilines is 1. The Morgan fingerprint density at radius 3 is 2.64 bits per heavy atom. The van der Waals surface area contributed by atoms with E-state index >= 15 is 0 Å². The molecule has 1 aliphatic heterocycles. The van der Waals surface area contributed by atoms with E-state index in [2.05, 4.69) is 50.7 Å². The van der Waals surface area contributed by atoms with Gasteiger partial charge in [0.2, 0.25) is 0 Å². The lowest BCUT2D eigenvalue weighted by atomic mass is 10.0. The third kappa shape index (κ3) is 7.46. The molecule has 0 atom stereocenters. The first kappa shape index (κ1) is 31.4. The number of fused-ring (bicyclic) bond motifs is 1. The monoisotopic (exact) mass is 600 g/mol. The average Bonchev–Trinajstić information content (AvgIpc) is 3.78. The zero-order chi connectivity index (χ0) is 30.1. The fraction of sp³-hybridized carbons (Fsp3) is 0.324. The van der Waals surface area contributed by atoms with Crippen molar-refractivity contribution < 1.29 is 0 Å². The molecule has 0 aliphatic carbocycles. The fourth-order valence-electron chi connectivity index (χ4n) is 5.11. The van der Waals surface area contributed by atoms with Crippen LogP contribution in [0, 0.1) is 6.92 Å². The SMILES string of the molecule is C=C/C(=C\C(=C/C)c1ccc2[nH]nc(C(=C)Nc3nccc(-c4ccc(Cl)s4)c3C)c2n1)CCCN1CCCC1.CC. The summed E-state index contributed by atoms with van der Waals surface area (Å²) in [5.74, 6) is 0.723. The van der Waals surface area contributed by atoms with Crippen molar-refractivity contribution in [3.63, 3.8) is 0 Å². The summed E-state index contributed by atoms with van der Waals surface area (Å²) in [6, 6.07) is 9.98. The highest BCUT2D eigenvalue weighted by Gasteiger charge is 2.16. The lowest BCUT2D eigenvalue weighted by Crippen LogP contribution is -2.20. The molecule has 1 aliphatic rings. The van der Waals surface area contributed by atoms with Gasteiger partial charge in [-0.1, -0.05) is 50.8 Å². The van der Waals surface area contributed by atoms with Crippen LogP contribution in [0.5, 0.6) is 0 Å². The van der Waals surface area contributed by atoms with Crippen molar-refractivity contribution in [2.75, 3.05) is 25.0 Å². The van der Waals surface area contributed by atoms with Crippen molar-refractivity contribution in [3.05, 3.63) is 94.8 Å². The summed E-state index contributed by atoms with van der Waals surface area (Å²) >= 11 is 7.72. The number of nitrogens with zero attached hydrogens (tertiary/aromatic N) is 4. The molecular formula is C34H41ClN6S. The molecule has 42 heavy (non-hydrogen) atoms. The second-order valence-electron chi connectivity index (χ2n) is 10.0. The number of hydrogen-bond acceptors (Lipinski definition) is 6. The van der Waals surface area contributed by atoms with Crippen LogP contribution in [-0.2, 0) is 0 Å². The summed E-state index contributed by atoms with van der Waals surface area (Å²) in [4.78, 5) is 13.2. The van der Waals surface area contributed by atoms with Crippen LogP contribution in [-0.4, -0.2) is 44.7 Å². The number of nitrogens with one attached hydrogen (secondary N) is 2. The number of thiophene rings is 1. The zero-order valence-electron chi connectivity index (χ0n) is 25.1. The number of allylic oxidation sites excluding steroid dienone is 5. The van der Waals surface area contributed by atoms with Crippen molar-refractivity contribution >= 4 is 51.1 Å². The van der Waals surface area contributed by atoms with Crippen LogP contribution >= 0.6 is 22.9 Å². The van der Waals surface area contributed by atoms with Gasteiger partial charge in [-0.05, 0) is 112 Å². The Balaban J connectivity index is 0.00000198. The molecule has 2 N–H and O–H groups in total. The standard InChI is InChI=1S/C32H35ClN6S.C2H6/c1-5-23(10-9-19-39-17-7-8-18-39)20-24(6-2)26-11-12-27-31(36-26)30(38-37-27)22(4)35-32-21(3)25(15-16-34-32)28-13-14-29(33)40-28;1-2/h5-6,11-16,20H,1,4,7-10,17-19H2,2-3H3,(H,34,35)(H,37,38);1-2H3/b23-20+,24-6+;. The maximum atomic E-state index is 6.18. The third-order valence-electron chi connectivity index (χ3n) is 7.35. The predicted octanol–water partition coefficient (Wildman–Crippen LogP) is 9.54. The van der Waals surface area contributed by atoms with Crippen molar-refractivity contribution in [2.45, 2.75) is 53.4 Å². The lowest BCUT2D eigenvalue weighted by molar-refractivity contribution is 0.334. The zero-order valence-corrected chi connectivity index (χ0v) is 26.7. The molecule has 0 radical (unpaired) electrons. The predicted molar refractivity (Wildman–Crippen MR) is 182 cm³/mol. The van der Waals surface area contributed by atoms with Gasteiger partial charge in [-0.3, -0.25) is 5.10 Å². The highest BCUT2D eigenvalue weighted by molar-refractivity contribution is 7.19. The minimum atomic E-state index is 0.624. The minimum Gasteiger partial charge on any atom is -0.339 e. The van der Waals surface area contributed by atoms with Gasteiger partial charge in [0, 0.05) is 16.6 Å². The molecule has 1 saturated heterocycles. The smallest absolute Gasteiger partial charge is 0.134 e. The van der Waals surface area contributed by atoms with E-state index < -0.39 is 0 Å². The Hall–Kier alpha value is -3.52. The number of rotatable bonds is 11. The Labute approximate surface area is 258 Å². The first-order chi connectivity index (χ1) is 20.5. The van der Waals surface area contributed by atoms with Crippen LogP contribution in [0.4, 0.5) is 5.82 Å². The molecule has 6 nitrogen and oxygen atoms in total. The summed E-state index contributed by atoms with van der Waals surface area (Å²) in [6.07, 6.45) is 12.8. The van der Waals surface area contributed by atoms with Crippen molar-refractivity contribution in [1.82, 2.24) is 25.1 Å². The number of halogens is 1. The van der Waals surface area contributed by atoms with Crippen LogP contribution < -0.4 is 5.32 Å². The Kier molecular flexibility index (Phi) is 11.3. The van der Waals surface area contributed by atoms with E-state index in [1.165, 1.54) is 31.5 Å². The van der Waals surface area contributed by atoms with Crippen molar-refractivity contribution in [1.29, 1.82) is 0 Å². The molecule has 5 heterocycles. The van der Waals surface area contributed by atoms with E-state index in [0.29, 0.717) is 11.4 Å². The first-order valence-electron chi connectivity index (χ1n) is 14.7. The fourth-order valence-corrected chi connectivity index (χ4v) is 6.24. The molecule has 0 spiro atoms. The van der Waals surface area contributed by atoms with E-state index in [-0.39, 0.29) is 0 Å². The summed E-state index contributed by atoms with van der Waals surface area (Å²) < 4.78 is 0.757. The van der Waals surface area contributed by atoms with Gasteiger partial charge in [-0.25, -0.2) is 9.97 Å². The normalized spacial score (nSPS) is 14.1. The van der Waals surface area contributed by atoms with E-state index in [4.69, 9.17) is 16.6 Å². The van der Waals surface area contributed by atoms with Crippen LogP contribution in [0.15, 0.2) is 73.5 Å². The number of pyridine rings is 2. The largest absolute Gasteiger partial charge is 0.339 e. The number of aromatic amines is 1. The van der Waals surface area contributed by atoms with Gasteiger partial charge in [0.1, 0.15) is 17.0 Å². The summed E-state index contributed by atoms with van der Waals surface area (Å²) in [5, 5.41) is 11.0. The number of likely N-dealkylation sites (tertiary alicyclic amines) is 1. The van der Waals surface area contributed by atoms with Crippen LogP contribution in [0.1, 0.15) is 63.4 Å². The lowest BCUT2D eigenvalue weighted by Gasteiger charge is -2.14.